The van der Waals surface area contributed by atoms with Crippen LogP contribution < -0.4 is 10.2 Å². The molecule has 1 N–H and O–H groups in total. The highest BCUT2D eigenvalue weighted by Crippen LogP contribution is 2.29. The molecule has 0 saturated carbocycles. The van der Waals surface area contributed by atoms with Crippen LogP contribution in [-0.4, -0.2) is 17.4 Å². The van der Waals surface area contributed by atoms with Gasteiger partial charge in [0.2, 0.25) is 0 Å². The minimum atomic E-state index is -4.48. The fraction of sp³-hybridized carbons (Fsp3) is 0.217. The van der Waals surface area contributed by atoms with Gasteiger partial charge in [-0.3, -0.25) is 4.79 Å². The minimum Gasteiger partial charge on any atom is -0.352 e. The summed E-state index contributed by atoms with van der Waals surface area (Å²) in [5.74, 6) is 0.301. The van der Waals surface area contributed by atoms with Crippen molar-refractivity contribution in [2.24, 2.45) is 0 Å². The molecule has 0 saturated heterocycles. The fourth-order valence-electron chi connectivity index (χ4n) is 3.52. The Bertz CT molecular complexity index is 1050. The topological polar surface area (TPSA) is 45.2 Å². The molecule has 30 heavy (non-hydrogen) atoms. The number of halogens is 3. The summed E-state index contributed by atoms with van der Waals surface area (Å²) in [7, 11) is 0. The highest BCUT2D eigenvalue weighted by molar-refractivity contribution is 5.94. The Labute approximate surface area is 172 Å². The van der Waals surface area contributed by atoms with Crippen molar-refractivity contribution in [1.29, 1.82) is 0 Å². The predicted octanol–water partition coefficient (Wildman–Crippen LogP) is 4.59. The van der Waals surface area contributed by atoms with Gasteiger partial charge in [0, 0.05) is 31.4 Å². The number of fused-ring (bicyclic) bond motifs is 1. The highest BCUT2D eigenvalue weighted by atomic mass is 19.4. The molecule has 1 aromatic heterocycles. The van der Waals surface area contributed by atoms with Crippen LogP contribution in [0.25, 0.3) is 0 Å². The average Bonchev–Trinajstić information content (AvgIpc) is 2.77. The van der Waals surface area contributed by atoms with E-state index in [1.54, 1.807) is 6.20 Å². The number of alkyl halides is 3. The Morgan fingerprint density at radius 2 is 1.83 bits per heavy atom. The number of carbonyl (C=O) groups excluding carboxylic acids is 1. The van der Waals surface area contributed by atoms with E-state index in [-0.39, 0.29) is 12.1 Å². The number of rotatable bonds is 4. The van der Waals surface area contributed by atoms with Crippen molar-refractivity contribution >= 4 is 11.7 Å². The van der Waals surface area contributed by atoms with E-state index >= 15 is 0 Å². The zero-order valence-corrected chi connectivity index (χ0v) is 16.1. The largest absolute Gasteiger partial charge is 0.416 e. The van der Waals surface area contributed by atoms with Gasteiger partial charge < -0.3 is 10.2 Å². The van der Waals surface area contributed by atoms with Crippen LogP contribution in [0.1, 0.15) is 32.6 Å². The number of amides is 1. The smallest absolute Gasteiger partial charge is 0.352 e. The third kappa shape index (κ3) is 4.45. The first kappa shape index (κ1) is 19.9. The van der Waals surface area contributed by atoms with Crippen molar-refractivity contribution in [3.63, 3.8) is 0 Å². The Balaban J connectivity index is 1.37. The van der Waals surface area contributed by atoms with Crippen LogP contribution in [0.2, 0.25) is 0 Å². The summed E-state index contributed by atoms with van der Waals surface area (Å²) in [4.78, 5) is 18.9. The second kappa shape index (κ2) is 8.18. The zero-order valence-electron chi connectivity index (χ0n) is 16.1. The number of carbonyl (C=O) groups is 1. The second-order valence-electron chi connectivity index (χ2n) is 7.23. The number of aromatic nitrogens is 1. The maximum absolute atomic E-state index is 12.8. The van der Waals surface area contributed by atoms with Crippen LogP contribution in [0, 0.1) is 0 Å². The van der Waals surface area contributed by atoms with Crippen molar-refractivity contribution in [3.05, 3.63) is 94.7 Å². The average molecular weight is 411 g/mol. The molecule has 154 valence electrons. The van der Waals surface area contributed by atoms with Crippen LogP contribution in [-0.2, 0) is 25.7 Å². The van der Waals surface area contributed by atoms with Crippen molar-refractivity contribution in [2.45, 2.75) is 25.7 Å². The van der Waals surface area contributed by atoms with Gasteiger partial charge in [-0.1, -0.05) is 36.4 Å². The molecule has 4 rings (SSSR count). The van der Waals surface area contributed by atoms with Crippen LogP contribution >= 0.6 is 0 Å². The highest BCUT2D eigenvalue weighted by Gasteiger charge is 2.30. The van der Waals surface area contributed by atoms with Crippen molar-refractivity contribution < 1.29 is 18.0 Å². The van der Waals surface area contributed by atoms with E-state index < -0.39 is 17.6 Å². The summed E-state index contributed by atoms with van der Waals surface area (Å²) in [5, 5.41) is 2.65. The maximum Gasteiger partial charge on any atom is 0.416 e. The monoisotopic (exact) mass is 411 g/mol. The lowest BCUT2D eigenvalue weighted by Crippen LogP contribution is -2.31. The fourth-order valence-corrected chi connectivity index (χ4v) is 3.52. The third-order valence-electron chi connectivity index (χ3n) is 5.17. The molecule has 0 spiro atoms. The third-order valence-corrected chi connectivity index (χ3v) is 5.17. The minimum absolute atomic E-state index is 0.0265. The summed E-state index contributed by atoms with van der Waals surface area (Å²) < 4.78 is 38.4. The van der Waals surface area contributed by atoms with Gasteiger partial charge in [-0.05, 0) is 47.4 Å². The van der Waals surface area contributed by atoms with Crippen LogP contribution in [0.15, 0.2) is 66.9 Å². The molecule has 3 aromatic rings. The lowest BCUT2D eigenvalue weighted by molar-refractivity contribution is -0.137. The molecule has 1 aliphatic heterocycles. The summed E-state index contributed by atoms with van der Waals surface area (Å²) in [5.41, 5.74) is 2.56. The second-order valence-corrected chi connectivity index (χ2v) is 7.23. The first-order valence-corrected chi connectivity index (χ1v) is 9.62. The van der Waals surface area contributed by atoms with Crippen molar-refractivity contribution in [2.75, 3.05) is 11.4 Å². The van der Waals surface area contributed by atoms with E-state index in [9.17, 15) is 18.0 Å². The summed E-state index contributed by atoms with van der Waals surface area (Å²) in [6.45, 7) is 1.87. The Hall–Kier alpha value is -3.35. The van der Waals surface area contributed by atoms with Crippen LogP contribution in [0.5, 0.6) is 0 Å². The normalized spacial score (nSPS) is 13.6. The molecule has 2 heterocycles. The van der Waals surface area contributed by atoms with Crippen molar-refractivity contribution in [3.8, 4) is 0 Å². The van der Waals surface area contributed by atoms with Crippen LogP contribution in [0.4, 0.5) is 19.0 Å². The number of hydrogen-bond donors (Lipinski definition) is 1. The molecule has 0 fully saturated rings. The Morgan fingerprint density at radius 3 is 2.57 bits per heavy atom. The van der Waals surface area contributed by atoms with E-state index in [2.05, 4.69) is 33.4 Å². The molecule has 0 aliphatic carbocycles. The quantitative estimate of drug-likeness (QED) is 0.683. The van der Waals surface area contributed by atoms with Gasteiger partial charge >= 0.3 is 6.18 Å². The Morgan fingerprint density at radius 1 is 1.03 bits per heavy atom. The van der Waals surface area contributed by atoms with Gasteiger partial charge in [0.25, 0.3) is 5.91 Å². The molecule has 0 bridgehead atoms. The molecule has 1 amide bonds. The summed E-state index contributed by atoms with van der Waals surface area (Å²) in [6.07, 6.45) is -1.83. The summed E-state index contributed by atoms with van der Waals surface area (Å²) in [6, 6.07) is 16.5. The van der Waals surface area contributed by atoms with E-state index in [1.807, 2.05) is 18.2 Å². The van der Waals surface area contributed by atoms with E-state index in [1.165, 1.54) is 23.3 Å². The predicted molar refractivity (Wildman–Crippen MR) is 108 cm³/mol. The van der Waals surface area contributed by atoms with Gasteiger partial charge in [0.15, 0.2) is 0 Å². The van der Waals surface area contributed by atoms with E-state index in [0.717, 1.165) is 43.0 Å². The maximum atomic E-state index is 12.8. The van der Waals surface area contributed by atoms with Gasteiger partial charge in [0.05, 0.1) is 5.56 Å². The molecule has 0 unspecified atom stereocenters. The van der Waals surface area contributed by atoms with Gasteiger partial charge in [-0.2, -0.15) is 13.2 Å². The van der Waals surface area contributed by atoms with Gasteiger partial charge in [-0.25, -0.2) is 4.98 Å². The standard InChI is InChI=1S/C23H20F3N3O/c24-23(25,26)20-7-3-6-18(12-20)22(30)28-14-16-8-9-21(27-13-16)29-11-10-17-4-1-2-5-19(17)15-29/h1-9,12-13H,10-11,14-15H2,(H,28,30). The van der Waals surface area contributed by atoms with Crippen LogP contribution in [0.3, 0.4) is 0 Å². The number of hydrogen-bond acceptors (Lipinski definition) is 3. The van der Waals surface area contributed by atoms with Gasteiger partial charge in [-0.15, -0.1) is 0 Å². The molecule has 0 atom stereocenters. The lowest BCUT2D eigenvalue weighted by atomic mass is 10.00. The van der Waals surface area contributed by atoms with Crippen molar-refractivity contribution in [1.82, 2.24) is 10.3 Å². The molecule has 2 aromatic carbocycles. The zero-order chi connectivity index (χ0) is 21.1. The number of anilines is 1. The Kier molecular flexibility index (Phi) is 5.44. The lowest BCUT2D eigenvalue weighted by Gasteiger charge is -2.29. The number of nitrogens with zero attached hydrogens (tertiary/aromatic N) is 2. The summed E-state index contributed by atoms with van der Waals surface area (Å²) >= 11 is 0. The first-order chi connectivity index (χ1) is 14.4. The van der Waals surface area contributed by atoms with E-state index in [4.69, 9.17) is 0 Å². The number of nitrogens with one attached hydrogen (secondary N) is 1. The number of benzene rings is 2. The number of pyridine rings is 1. The molecular weight excluding hydrogens is 391 g/mol. The van der Waals surface area contributed by atoms with E-state index in [0.29, 0.717) is 0 Å². The first-order valence-electron chi connectivity index (χ1n) is 9.62. The molecule has 7 heteroatoms. The van der Waals surface area contributed by atoms with Gasteiger partial charge in [0.1, 0.15) is 5.82 Å². The SMILES string of the molecule is O=C(NCc1ccc(N2CCc3ccccc3C2)nc1)c1cccc(C(F)(F)F)c1. The molecule has 1 aliphatic rings. The molecule has 4 nitrogen and oxygen atoms in total. The molecular formula is C23H20F3N3O. The molecule has 0 radical (unpaired) electrons.